The molecule has 1 aromatic carbocycles. The van der Waals surface area contributed by atoms with Crippen molar-refractivity contribution in [1.29, 1.82) is 0 Å². The Morgan fingerprint density at radius 2 is 1.50 bits per heavy atom. The highest BCUT2D eigenvalue weighted by atomic mass is 16.2. The number of nitrogens with zero attached hydrogens (tertiary/aromatic N) is 1. The zero-order chi connectivity index (χ0) is 19.9. The van der Waals surface area contributed by atoms with Crippen LogP contribution in [0, 0.1) is 5.92 Å². The highest BCUT2D eigenvalue weighted by molar-refractivity contribution is 5.92. The molecule has 1 saturated heterocycles. The van der Waals surface area contributed by atoms with Crippen molar-refractivity contribution in [2.24, 2.45) is 5.92 Å². The highest BCUT2D eigenvalue weighted by Crippen LogP contribution is 2.27. The Labute approximate surface area is 168 Å². The van der Waals surface area contributed by atoms with Crippen molar-refractivity contribution in [2.45, 2.75) is 70.9 Å². The molecule has 154 valence electrons. The molecule has 0 spiro atoms. The van der Waals surface area contributed by atoms with Crippen molar-refractivity contribution in [3.8, 4) is 0 Å². The van der Waals surface area contributed by atoms with E-state index in [0.717, 1.165) is 30.1 Å². The van der Waals surface area contributed by atoms with Gasteiger partial charge in [-0.1, -0.05) is 13.8 Å². The molecule has 3 N–H and O–H groups in total. The van der Waals surface area contributed by atoms with Crippen LogP contribution < -0.4 is 16.0 Å². The van der Waals surface area contributed by atoms with Gasteiger partial charge in [0.05, 0.1) is 0 Å². The minimum Gasteiger partial charge on any atom is -0.335 e. The van der Waals surface area contributed by atoms with E-state index in [1.807, 2.05) is 6.92 Å². The van der Waals surface area contributed by atoms with Gasteiger partial charge in [0, 0.05) is 29.9 Å². The second-order valence-electron chi connectivity index (χ2n) is 8.30. The summed E-state index contributed by atoms with van der Waals surface area (Å²) in [5.74, 6) is 0.850. The lowest BCUT2D eigenvalue weighted by atomic mass is 9.88. The molecular formula is C22H34N4O2. The van der Waals surface area contributed by atoms with Crippen molar-refractivity contribution in [2.75, 3.05) is 23.7 Å². The lowest BCUT2D eigenvalue weighted by Gasteiger charge is -2.40. The molecule has 0 aromatic heterocycles. The molecular weight excluding hydrogens is 352 g/mol. The van der Waals surface area contributed by atoms with Gasteiger partial charge in [-0.2, -0.15) is 0 Å². The van der Waals surface area contributed by atoms with Gasteiger partial charge in [0.15, 0.2) is 0 Å². The van der Waals surface area contributed by atoms with Gasteiger partial charge >= 0.3 is 6.03 Å². The molecule has 2 fully saturated rings. The molecule has 0 bridgehead atoms. The summed E-state index contributed by atoms with van der Waals surface area (Å²) in [6.45, 7) is 6.64. The number of carbonyl (C=O) groups is 2. The van der Waals surface area contributed by atoms with Crippen molar-refractivity contribution in [1.82, 2.24) is 10.2 Å². The fraction of sp³-hybridized carbons (Fsp3) is 0.636. The SMILES string of the molecule is CCC(=O)Nc1ccc(NC(=O)NC2CCC(N3CCC(C)CC3)CC2)cc1. The second-order valence-corrected chi connectivity index (χ2v) is 8.30. The van der Waals surface area contributed by atoms with Gasteiger partial charge in [-0.25, -0.2) is 4.79 Å². The van der Waals surface area contributed by atoms with Crippen molar-refractivity contribution < 1.29 is 9.59 Å². The lowest BCUT2D eigenvalue weighted by Crippen LogP contribution is -2.47. The first-order valence-electron chi connectivity index (χ1n) is 10.7. The third-order valence-corrected chi connectivity index (χ3v) is 6.11. The Kier molecular flexibility index (Phi) is 7.31. The molecule has 1 heterocycles. The number of hydrogen-bond donors (Lipinski definition) is 3. The summed E-state index contributed by atoms with van der Waals surface area (Å²) >= 11 is 0. The van der Waals surface area contributed by atoms with Crippen LogP contribution in [0.3, 0.4) is 0 Å². The molecule has 6 heteroatoms. The van der Waals surface area contributed by atoms with Gasteiger partial charge in [0.1, 0.15) is 0 Å². The van der Waals surface area contributed by atoms with Crippen molar-refractivity contribution in [3.05, 3.63) is 24.3 Å². The second kappa shape index (κ2) is 9.92. The number of piperidine rings is 1. The van der Waals surface area contributed by atoms with E-state index in [4.69, 9.17) is 0 Å². The van der Waals surface area contributed by atoms with Crippen molar-refractivity contribution in [3.63, 3.8) is 0 Å². The van der Waals surface area contributed by atoms with Crippen LogP contribution in [0.15, 0.2) is 24.3 Å². The Balaban J connectivity index is 1.39. The smallest absolute Gasteiger partial charge is 0.319 e. The predicted molar refractivity (Wildman–Crippen MR) is 114 cm³/mol. The first-order valence-corrected chi connectivity index (χ1v) is 10.7. The molecule has 1 aliphatic heterocycles. The Morgan fingerprint density at radius 1 is 0.929 bits per heavy atom. The molecule has 0 atom stereocenters. The zero-order valence-electron chi connectivity index (χ0n) is 17.2. The summed E-state index contributed by atoms with van der Waals surface area (Å²) in [5, 5.41) is 8.81. The Morgan fingerprint density at radius 3 is 2.07 bits per heavy atom. The van der Waals surface area contributed by atoms with E-state index < -0.39 is 0 Å². The van der Waals surface area contributed by atoms with Gasteiger partial charge in [-0.3, -0.25) is 4.79 Å². The number of anilines is 2. The minimum absolute atomic E-state index is 0.0203. The number of benzene rings is 1. The van der Waals surface area contributed by atoms with Crippen molar-refractivity contribution >= 4 is 23.3 Å². The number of nitrogens with one attached hydrogen (secondary N) is 3. The average molecular weight is 387 g/mol. The number of carbonyl (C=O) groups excluding carboxylic acids is 2. The monoisotopic (exact) mass is 386 g/mol. The number of amides is 3. The Bertz CT molecular complexity index is 645. The van der Waals surface area contributed by atoms with E-state index in [1.165, 1.54) is 38.8 Å². The summed E-state index contributed by atoms with van der Waals surface area (Å²) < 4.78 is 0. The maximum atomic E-state index is 12.3. The van der Waals surface area contributed by atoms with Crippen LogP contribution in [0.5, 0.6) is 0 Å². The molecule has 1 aromatic rings. The standard InChI is InChI=1S/C22H34N4O2/c1-3-21(27)23-17-4-6-18(7-5-17)24-22(28)25-19-8-10-20(11-9-19)26-14-12-16(2)13-15-26/h4-7,16,19-20H,3,8-15H2,1-2H3,(H,23,27)(H2,24,25,28). The molecule has 3 rings (SSSR count). The summed E-state index contributed by atoms with van der Waals surface area (Å²) in [4.78, 5) is 26.4. The van der Waals surface area contributed by atoms with E-state index >= 15 is 0 Å². The number of rotatable bonds is 5. The van der Waals surface area contributed by atoms with E-state index in [1.54, 1.807) is 24.3 Å². The summed E-state index contributed by atoms with van der Waals surface area (Å²) in [6, 6.07) is 8.00. The van der Waals surface area contributed by atoms with Gasteiger partial charge in [0.25, 0.3) is 0 Å². The third kappa shape index (κ3) is 5.96. The number of urea groups is 1. The van der Waals surface area contributed by atoms with Crippen LogP contribution >= 0.6 is 0 Å². The fourth-order valence-corrected chi connectivity index (χ4v) is 4.22. The van der Waals surface area contributed by atoms with E-state index in [-0.39, 0.29) is 18.0 Å². The maximum Gasteiger partial charge on any atom is 0.319 e. The van der Waals surface area contributed by atoms with Gasteiger partial charge in [0.2, 0.25) is 5.91 Å². The fourth-order valence-electron chi connectivity index (χ4n) is 4.22. The minimum atomic E-state index is -0.152. The quantitative estimate of drug-likeness (QED) is 0.710. The van der Waals surface area contributed by atoms with Gasteiger partial charge in [-0.15, -0.1) is 0 Å². The molecule has 28 heavy (non-hydrogen) atoms. The highest BCUT2D eigenvalue weighted by Gasteiger charge is 2.28. The van der Waals surface area contributed by atoms with Crippen LogP contribution in [0.2, 0.25) is 0 Å². The lowest BCUT2D eigenvalue weighted by molar-refractivity contribution is -0.115. The average Bonchev–Trinajstić information content (AvgIpc) is 2.70. The topological polar surface area (TPSA) is 73.5 Å². The first kappa shape index (κ1) is 20.6. The van der Waals surface area contributed by atoms with E-state index in [2.05, 4.69) is 27.8 Å². The number of likely N-dealkylation sites (tertiary alicyclic amines) is 1. The normalized spacial score (nSPS) is 23.8. The predicted octanol–water partition coefficient (Wildman–Crippen LogP) is 4.20. The van der Waals surface area contributed by atoms with Crippen LogP contribution in [0.25, 0.3) is 0 Å². The maximum absolute atomic E-state index is 12.3. The molecule has 0 unspecified atom stereocenters. The van der Waals surface area contributed by atoms with Crippen LogP contribution in [0.1, 0.15) is 58.8 Å². The van der Waals surface area contributed by atoms with Crippen LogP contribution in [-0.2, 0) is 4.79 Å². The molecule has 2 aliphatic rings. The number of hydrogen-bond acceptors (Lipinski definition) is 3. The van der Waals surface area contributed by atoms with Crippen LogP contribution in [0.4, 0.5) is 16.2 Å². The summed E-state index contributed by atoms with van der Waals surface area (Å²) in [6.07, 6.45) is 7.53. The van der Waals surface area contributed by atoms with Gasteiger partial charge < -0.3 is 20.9 Å². The summed E-state index contributed by atoms with van der Waals surface area (Å²) in [7, 11) is 0. The van der Waals surface area contributed by atoms with E-state index in [9.17, 15) is 9.59 Å². The van der Waals surface area contributed by atoms with Gasteiger partial charge in [-0.05, 0) is 81.8 Å². The molecule has 3 amide bonds. The first-order chi connectivity index (χ1) is 13.5. The largest absolute Gasteiger partial charge is 0.335 e. The van der Waals surface area contributed by atoms with E-state index in [0.29, 0.717) is 12.5 Å². The molecule has 1 saturated carbocycles. The Hall–Kier alpha value is -2.08. The zero-order valence-corrected chi connectivity index (χ0v) is 17.2. The molecule has 6 nitrogen and oxygen atoms in total. The third-order valence-electron chi connectivity index (χ3n) is 6.11. The van der Waals surface area contributed by atoms with Crippen LogP contribution in [-0.4, -0.2) is 42.0 Å². The molecule has 1 aliphatic carbocycles. The molecule has 0 radical (unpaired) electrons. The summed E-state index contributed by atoms with van der Waals surface area (Å²) in [5.41, 5.74) is 1.46.